The number of ether oxygens (including phenoxy) is 1. The number of nitrogens with zero attached hydrogens (tertiary/aromatic N) is 1. The molecule has 1 aromatic heterocycles. The van der Waals surface area contributed by atoms with Crippen molar-refractivity contribution in [1.29, 1.82) is 0 Å². The van der Waals surface area contributed by atoms with Crippen LogP contribution in [0, 0.1) is 11.8 Å². The molecule has 1 fully saturated rings. The predicted octanol–water partition coefficient (Wildman–Crippen LogP) is 0.301. The molecule has 1 amide bonds. The maximum atomic E-state index is 12.0. The lowest BCUT2D eigenvalue weighted by Gasteiger charge is -2.23. The number of hydrogen-bond acceptors (Lipinski definition) is 4. The summed E-state index contributed by atoms with van der Waals surface area (Å²) >= 11 is 0. The number of pyridine rings is 1. The van der Waals surface area contributed by atoms with E-state index in [1.165, 1.54) is 0 Å². The molecule has 0 radical (unpaired) electrons. The molecule has 0 spiro atoms. The van der Waals surface area contributed by atoms with E-state index in [2.05, 4.69) is 22.1 Å². The van der Waals surface area contributed by atoms with Crippen molar-refractivity contribution < 1.29 is 9.53 Å². The number of nitrogens with two attached hydrogens (primary N) is 1. The fourth-order valence-electron chi connectivity index (χ4n) is 1.86. The molecule has 0 aromatic carbocycles. The second-order valence-corrected chi connectivity index (χ2v) is 4.76. The monoisotopic (exact) mass is 259 g/mol. The van der Waals surface area contributed by atoms with Gasteiger partial charge in [0.05, 0.1) is 18.7 Å². The zero-order valence-electron chi connectivity index (χ0n) is 10.9. The van der Waals surface area contributed by atoms with Crippen LogP contribution in [0.15, 0.2) is 18.3 Å². The van der Waals surface area contributed by atoms with Gasteiger partial charge in [0.15, 0.2) is 0 Å². The van der Waals surface area contributed by atoms with E-state index in [1.54, 1.807) is 18.3 Å². The van der Waals surface area contributed by atoms with Gasteiger partial charge in [0.2, 0.25) is 0 Å². The molecule has 1 aliphatic rings. The van der Waals surface area contributed by atoms with Gasteiger partial charge in [0.25, 0.3) is 5.91 Å². The van der Waals surface area contributed by atoms with Gasteiger partial charge in [-0.2, -0.15) is 0 Å². The quantitative estimate of drug-likeness (QED) is 0.749. The summed E-state index contributed by atoms with van der Waals surface area (Å²) in [5.74, 6) is 5.41. The molecule has 3 N–H and O–H groups in total. The van der Waals surface area contributed by atoms with Gasteiger partial charge in [0.1, 0.15) is 5.69 Å². The van der Waals surface area contributed by atoms with Gasteiger partial charge >= 0.3 is 0 Å². The second kappa shape index (κ2) is 5.83. The Hall–Kier alpha value is -1.90. The van der Waals surface area contributed by atoms with Gasteiger partial charge in [-0.25, -0.2) is 4.98 Å². The molecule has 19 heavy (non-hydrogen) atoms. The van der Waals surface area contributed by atoms with Crippen molar-refractivity contribution in [2.75, 3.05) is 19.8 Å². The first-order valence-corrected chi connectivity index (χ1v) is 6.18. The first-order chi connectivity index (χ1) is 9.13. The molecule has 0 saturated carbocycles. The standard InChI is InChI=1S/C14H17N3O2/c1-14(6-8-19-10-14)17-13(18)12-5-4-11(9-16-12)3-2-7-15/h4-5,9H,6-8,10,15H2,1H3,(H,17,18). The minimum atomic E-state index is -0.295. The summed E-state index contributed by atoms with van der Waals surface area (Å²) in [4.78, 5) is 16.2. The number of carbonyl (C=O) groups is 1. The van der Waals surface area contributed by atoms with Gasteiger partial charge in [-0.1, -0.05) is 11.8 Å². The Morgan fingerprint density at radius 3 is 3.05 bits per heavy atom. The molecule has 1 atom stereocenters. The minimum Gasteiger partial charge on any atom is -0.379 e. The first-order valence-electron chi connectivity index (χ1n) is 6.18. The fraction of sp³-hybridized carbons (Fsp3) is 0.429. The number of hydrogen-bond donors (Lipinski definition) is 2. The maximum absolute atomic E-state index is 12.0. The van der Waals surface area contributed by atoms with Crippen LogP contribution in [0.3, 0.4) is 0 Å². The highest BCUT2D eigenvalue weighted by atomic mass is 16.5. The third kappa shape index (κ3) is 3.53. The summed E-state index contributed by atoms with van der Waals surface area (Å²) in [6, 6.07) is 3.42. The smallest absolute Gasteiger partial charge is 0.270 e. The summed E-state index contributed by atoms with van der Waals surface area (Å²) in [7, 11) is 0. The lowest BCUT2D eigenvalue weighted by atomic mass is 10.0. The predicted molar refractivity (Wildman–Crippen MR) is 71.5 cm³/mol. The van der Waals surface area contributed by atoms with E-state index in [0.717, 1.165) is 12.0 Å². The number of rotatable bonds is 2. The van der Waals surface area contributed by atoms with Gasteiger partial charge < -0.3 is 15.8 Å². The topological polar surface area (TPSA) is 77.2 Å². The largest absolute Gasteiger partial charge is 0.379 e. The van der Waals surface area contributed by atoms with Crippen molar-refractivity contribution in [1.82, 2.24) is 10.3 Å². The second-order valence-electron chi connectivity index (χ2n) is 4.76. The fourth-order valence-corrected chi connectivity index (χ4v) is 1.86. The van der Waals surface area contributed by atoms with E-state index in [-0.39, 0.29) is 11.4 Å². The van der Waals surface area contributed by atoms with E-state index in [4.69, 9.17) is 10.5 Å². The Morgan fingerprint density at radius 2 is 2.47 bits per heavy atom. The normalized spacial score (nSPS) is 21.6. The molecule has 1 aromatic rings. The molecule has 0 bridgehead atoms. The Morgan fingerprint density at radius 1 is 1.63 bits per heavy atom. The average Bonchev–Trinajstić information content (AvgIpc) is 2.83. The van der Waals surface area contributed by atoms with Crippen molar-refractivity contribution in [2.24, 2.45) is 5.73 Å². The summed E-state index contributed by atoms with van der Waals surface area (Å²) in [5, 5.41) is 2.95. The Bertz CT molecular complexity index is 508. The Labute approximate surface area is 112 Å². The molecule has 2 heterocycles. The Kier molecular flexibility index (Phi) is 4.15. The van der Waals surface area contributed by atoms with E-state index in [1.807, 2.05) is 6.92 Å². The minimum absolute atomic E-state index is 0.189. The Balaban J connectivity index is 2.03. The number of nitrogens with one attached hydrogen (secondary N) is 1. The molecular formula is C14H17N3O2. The lowest BCUT2D eigenvalue weighted by molar-refractivity contribution is 0.0885. The van der Waals surface area contributed by atoms with Crippen LogP contribution in [-0.4, -0.2) is 36.2 Å². The van der Waals surface area contributed by atoms with Crippen LogP contribution in [0.4, 0.5) is 0 Å². The summed E-state index contributed by atoms with van der Waals surface area (Å²) < 4.78 is 5.30. The lowest BCUT2D eigenvalue weighted by Crippen LogP contribution is -2.46. The van der Waals surface area contributed by atoms with Gasteiger partial charge in [-0.05, 0) is 25.5 Å². The zero-order valence-corrected chi connectivity index (χ0v) is 10.9. The van der Waals surface area contributed by atoms with Crippen LogP contribution >= 0.6 is 0 Å². The van der Waals surface area contributed by atoms with Gasteiger partial charge in [-0.3, -0.25) is 4.79 Å². The van der Waals surface area contributed by atoms with E-state index in [0.29, 0.717) is 25.5 Å². The molecule has 1 saturated heterocycles. The molecule has 1 aliphatic heterocycles. The van der Waals surface area contributed by atoms with Crippen LogP contribution in [0.1, 0.15) is 29.4 Å². The average molecular weight is 259 g/mol. The summed E-state index contributed by atoms with van der Waals surface area (Å²) in [6.45, 7) is 3.50. The number of carbonyl (C=O) groups excluding carboxylic acids is 1. The highest BCUT2D eigenvalue weighted by Gasteiger charge is 2.31. The van der Waals surface area contributed by atoms with Gasteiger partial charge in [0, 0.05) is 18.4 Å². The van der Waals surface area contributed by atoms with Crippen LogP contribution in [-0.2, 0) is 4.74 Å². The molecule has 5 heteroatoms. The van der Waals surface area contributed by atoms with Crippen molar-refractivity contribution >= 4 is 5.91 Å². The molecule has 1 unspecified atom stereocenters. The van der Waals surface area contributed by atoms with Crippen LogP contribution in [0.2, 0.25) is 0 Å². The van der Waals surface area contributed by atoms with E-state index < -0.39 is 0 Å². The highest BCUT2D eigenvalue weighted by molar-refractivity contribution is 5.92. The van der Waals surface area contributed by atoms with Crippen molar-refractivity contribution in [3.05, 3.63) is 29.6 Å². The van der Waals surface area contributed by atoms with Crippen LogP contribution in [0.25, 0.3) is 0 Å². The third-order valence-electron chi connectivity index (χ3n) is 2.97. The molecule has 5 nitrogen and oxygen atoms in total. The molecule has 2 rings (SSSR count). The maximum Gasteiger partial charge on any atom is 0.270 e. The van der Waals surface area contributed by atoms with E-state index >= 15 is 0 Å². The number of amides is 1. The molecular weight excluding hydrogens is 242 g/mol. The van der Waals surface area contributed by atoms with Crippen LogP contribution in [0.5, 0.6) is 0 Å². The highest BCUT2D eigenvalue weighted by Crippen LogP contribution is 2.17. The third-order valence-corrected chi connectivity index (χ3v) is 2.97. The zero-order chi connectivity index (χ0) is 13.7. The van der Waals surface area contributed by atoms with Crippen molar-refractivity contribution in [3.63, 3.8) is 0 Å². The van der Waals surface area contributed by atoms with Crippen molar-refractivity contribution in [3.8, 4) is 11.8 Å². The molecule has 100 valence electrons. The van der Waals surface area contributed by atoms with E-state index in [9.17, 15) is 4.79 Å². The molecule has 0 aliphatic carbocycles. The SMILES string of the molecule is CC1(NC(=O)c2ccc(C#CCN)cn2)CCOC1. The van der Waals surface area contributed by atoms with Gasteiger partial charge in [-0.15, -0.1) is 0 Å². The number of aromatic nitrogens is 1. The summed E-state index contributed by atoms with van der Waals surface area (Å²) in [5.41, 5.74) is 6.12. The van der Waals surface area contributed by atoms with Crippen molar-refractivity contribution in [2.45, 2.75) is 18.9 Å². The first kappa shape index (κ1) is 13.5. The summed E-state index contributed by atoms with van der Waals surface area (Å²) in [6.07, 6.45) is 2.39. The van der Waals surface area contributed by atoms with Crippen LogP contribution < -0.4 is 11.1 Å².